The summed E-state index contributed by atoms with van der Waals surface area (Å²) < 4.78 is 0. The van der Waals surface area contributed by atoms with E-state index in [0.717, 1.165) is 17.8 Å². The highest BCUT2D eigenvalue weighted by Gasteiger charge is 2.23. The van der Waals surface area contributed by atoms with E-state index in [0.29, 0.717) is 0 Å². The normalized spacial score (nSPS) is 24.1. The Bertz CT molecular complexity index is 333. The first-order chi connectivity index (χ1) is 8.28. The highest BCUT2D eigenvalue weighted by atomic mass is 32.2. The van der Waals surface area contributed by atoms with Crippen LogP contribution in [0.15, 0.2) is 24.3 Å². The largest absolute Gasteiger partial charge is 0.310 e. The minimum absolute atomic E-state index is 0.736. The summed E-state index contributed by atoms with van der Waals surface area (Å²) in [6, 6.07) is 9.59. The van der Waals surface area contributed by atoms with Crippen molar-refractivity contribution in [1.82, 2.24) is 5.32 Å². The zero-order chi connectivity index (χ0) is 12.1. The molecule has 2 atom stereocenters. The van der Waals surface area contributed by atoms with E-state index in [1.165, 1.54) is 36.1 Å². The number of hydrogen-bond acceptors (Lipinski definition) is 2. The van der Waals surface area contributed by atoms with Gasteiger partial charge in [-0.1, -0.05) is 36.8 Å². The van der Waals surface area contributed by atoms with Crippen LogP contribution in [0.1, 0.15) is 37.3 Å². The maximum atomic E-state index is 3.69. The van der Waals surface area contributed by atoms with Gasteiger partial charge < -0.3 is 5.32 Å². The Hall–Kier alpha value is -0.470. The summed E-state index contributed by atoms with van der Waals surface area (Å²) in [5.41, 5.74) is 2.75. The molecule has 0 aliphatic heterocycles. The molecule has 2 unspecified atom stereocenters. The van der Waals surface area contributed by atoms with Crippen molar-refractivity contribution in [3.8, 4) is 0 Å². The molecular formula is C15H23NS. The van der Waals surface area contributed by atoms with Crippen molar-refractivity contribution < 1.29 is 0 Å². The smallest absolute Gasteiger partial charge is 0.0208 e. The van der Waals surface area contributed by atoms with E-state index < -0.39 is 0 Å². The average molecular weight is 249 g/mol. The first kappa shape index (κ1) is 13.0. The van der Waals surface area contributed by atoms with Crippen LogP contribution in [0.2, 0.25) is 0 Å². The molecule has 1 aliphatic rings. The Morgan fingerprint density at radius 2 is 2.00 bits per heavy atom. The van der Waals surface area contributed by atoms with E-state index in [2.05, 4.69) is 55.2 Å². The molecule has 0 heterocycles. The van der Waals surface area contributed by atoms with Crippen LogP contribution in [0.3, 0.4) is 0 Å². The van der Waals surface area contributed by atoms with Crippen LogP contribution < -0.4 is 5.32 Å². The van der Waals surface area contributed by atoms with Gasteiger partial charge in [-0.15, -0.1) is 0 Å². The van der Waals surface area contributed by atoms with Gasteiger partial charge in [0.1, 0.15) is 0 Å². The Morgan fingerprint density at radius 1 is 1.24 bits per heavy atom. The van der Waals surface area contributed by atoms with Gasteiger partial charge in [0.15, 0.2) is 0 Å². The minimum atomic E-state index is 0.736. The Morgan fingerprint density at radius 3 is 2.71 bits per heavy atom. The molecule has 0 radical (unpaired) electrons. The highest BCUT2D eigenvalue weighted by Crippen LogP contribution is 2.29. The third-order valence-electron chi connectivity index (χ3n) is 3.50. The van der Waals surface area contributed by atoms with Gasteiger partial charge in [-0.05, 0) is 37.5 Å². The third kappa shape index (κ3) is 4.04. The van der Waals surface area contributed by atoms with Gasteiger partial charge in [0, 0.05) is 17.8 Å². The fourth-order valence-electron chi connectivity index (χ4n) is 2.48. The second-order valence-corrected chi connectivity index (χ2v) is 6.53. The SMILES string of the molecule is CCSC1CCC(NCc2ccc(C)cc2)C1. The molecule has 0 spiro atoms. The van der Waals surface area contributed by atoms with E-state index in [4.69, 9.17) is 0 Å². The van der Waals surface area contributed by atoms with Gasteiger partial charge in [0.2, 0.25) is 0 Å². The molecule has 1 aliphatic carbocycles. The molecule has 2 rings (SSSR count). The monoisotopic (exact) mass is 249 g/mol. The summed E-state index contributed by atoms with van der Waals surface area (Å²) in [5.74, 6) is 1.26. The molecule has 0 saturated heterocycles. The first-order valence-electron chi connectivity index (χ1n) is 6.68. The van der Waals surface area contributed by atoms with Gasteiger partial charge in [-0.25, -0.2) is 0 Å². The minimum Gasteiger partial charge on any atom is -0.310 e. The van der Waals surface area contributed by atoms with E-state index in [1.54, 1.807) is 0 Å². The van der Waals surface area contributed by atoms with Crippen molar-refractivity contribution in [2.75, 3.05) is 5.75 Å². The second kappa shape index (κ2) is 6.46. The zero-order valence-corrected chi connectivity index (χ0v) is 11.7. The lowest BCUT2D eigenvalue weighted by Crippen LogP contribution is -2.26. The van der Waals surface area contributed by atoms with Crippen LogP contribution in [-0.4, -0.2) is 17.0 Å². The molecule has 1 fully saturated rings. The Kier molecular flexibility index (Phi) is 4.93. The molecule has 1 aromatic carbocycles. The van der Waals surface area contributed by atoms with Crippen LogP contribution in [0.5, 0.6) is 0 Å². The van der Waals surface area contributed by atoms with Gasteiger partial charge in [0.25, 0.3) is 0 Å². The Labute approximate surface area is 109 Å². The van der Waals surface area contributed by atoms with Crippen LogP contribution >= 0.6 is 11.8 Å². The lowest BCUT2D eigenvalue weighted by atomic mass is 10.1. The molecule has 0 amide bonds. The number of hydrogen-bond donors (Lipinski definition) is 1. The standard InChI is InChI=1S/C15H23NS/c1-3-17-15-9-8-14(10-15)16-11-13-6-4-12(2)5-7-13/h4-7,14-16H,3,8-11H2,1-2H3. The fourth-order valence-corrected chi connectivity index (χ4v) is 3.62. The van der Waals surface area contributed by atoms with E-state index in [1.807, 2.05) is 0 Å². The fraction of sp³-hybridized carbons (Fsp3) is 0.600. The van der Waals surface area contributed by atoms with E-state index >= 15 is 0 Å². The van der Waals surface area contributed by atoms with Crippen LogP contribution in [0.25, 0.3) is 0 Å². The summed E-state index contributed by atoms with van der Waals surface area (Å²) >= 11 is 2.13. The van der Waals surface area contributed by atoms with Gasteiger partial charge in [0.05, 0.1) is 0 Å². The number of thioether (sulfide) groups is 1. The van der Waals surface area contributed by atoms with Crippen LogP contribution in [0.4, 0.5) is 0 Å². The molecule has 17 heavy (non-hydrogen) atoms. The molecule has 1 N–H and O–H groups in total. The van der Waals surface area contributed by atoms with Gasteiger partial charge in [-0.2, -0.15) is 11.8 Å². The predicted molar refractivity (Wildman–Crippen MR) is 77.6 cm³/mol. The van der Waals surface area contributed by atoms with Crippen molar-refractivity contribution in [3.63, 3.8) is 0 Å². The van der Waals surface area contributed by atoms with Crippen LogP contribution in [-0.2, 0) is 6.54 Å². The quantitative estimate of drug-likeness (QED) is 0.853. The first-order valence-corrected chi connectivity index (χ1v) is 7.73. The van der Waals surface area contributed by atoms with E-state index in [-0.39, 0.29) is 0 Å². The lowest BCUT2D eigenvalue weighted by molar-refractivity contribution is 0.525. The van der Waals surface area contributed by atoms with Gasteiger partial charge in [-0.3, -0.25) is 0 Å². The van der Waals surface area contributed by atoms with Crippen molar-refractivity contribution in [2.24, 2.45) is 0 Å². The maximum Gasteiger partial charge on any atom is 0.0208 e. The molecule has 1 saturated carbocycles. The van der Waals surface area contributed by atoms with Crippen molar-refractivity contribution >= 4 is 11.8 Å². The molecule has 2 heteroatoms. The van der Waals surface area contributed by atoms with Crippen molar-refractivity contribution in [1.29, 1.82) is 0 Å². The molecule has 1 nitrogen and oxygen atoms in total. The van der Waals surface area contributed by atoms with Crippen molar-refractivity contribution in [2.45, 2.75) is 50.9 Å². The summed E-state index contributed by atoms with van der Waals surface area (Å²) in [4.78, 5) is 0. The zero-order valence-electron chi connectivity index (χ0n) is 10.9. The van der Waals surface area contributed by atoms with Gasteiger partial charge >= 0.3 is 0 Å². The highest BCUT2D eigenvalue weighted by molar-refractivity contribution is 7.99. The number of nitrogens with one attached hydrogen (secondary N) is 1. The number of benzene rings is 1. The molecular weight excluding hydrogens is 226 g/mol. The lowest BCUT2D eigenvalue weighted by Gasteiger charge is -2.13. The average Bonchev–Trinajstić information content (AvgIpc) is 2.77. The molecule has 94 valence electrons. The predicted octanol–water partition coefficient (Wildman–Crippen LogP) is 3.76. The van der Waals surface area contributed by atoms with Crippen molar-refractivity contribution in [3.05, 3.63) is 35.4 Å². The molecule has 1 aromatic rings. The number of rotatable bonds is 5. The summed E-state index contributed by atoms with van der Waals surface area (Å²) in [6.45, 7) is 5.42. The van der Waals surface area contributed by atoms with Crippen LogP contribution in [0, 0.1) is 6.92 Å². The summed E-state index contributed by atoms with van der Waals surface area (Å²) in [5, 5.41) is 4.59. The number of aryl methyl sites for hydroxylation is 1. The molecule has 0 bridgehead atoms. The topological polar surface area (TPSA) is 12.0 Å². The summed E-state index contributed by atoms with van der Waals surface area (Å²) in [7, 11) is 0. The maximum absolute atomic E-state index is 3.69. The second-order valence-electron chi connectivity index (χ2n) is 4.95. The third-order valence-corrected chi connectivity index (χ3v) is 4.74. The summed E-state index contributed by atoms with van der Waals surface area (Å²) in [6.07, 6.45) is 4.10. The Balaban J connectivity index is 1.74. The molecule has 0 aromatic heterocycles. The van der Waals surface area contributed by atoms with E-state index in [9.17, 15) is 0 Å².